The van der Waals surface area contributed by atoms with E-state index in [4.69, 9.17) is 4.52 Å². The van der Waals surface area contributed by atoms with Gasteiger partial charge in [-0.25, -0.2) is 4.99 Å². The maximum atomic E-state index is 12.1. The SMILES string of the molecule is CCNC(=NCc1cc(C(CC)CC)no1)NCCS(=O)C(C)(C)C.I. The van der Waals surface area contributed by atoms with Crippen molar-refractivity contribution < 1.29 is 8.73 Å². The summed E-state index contributed by atoms with van der Waals surface area (Å²) in [6, 6.07) is 2.00. The molecule has 1 heterocycles. The fourth-order valence-electron chi connectivity index (χ4n) is 2.37. The second-order valence-corrected chi connectivity index (χ2v) is 9.34. The fraction of sp³-hybridized carbons (Fsp3) is 0.778. The summed E-state index contributed by atoms with van der Waals surface area (Å²) in [5.74, 6) is 2.50. The third-order valence-electron chi connectivity index (χ3n) is 3.98. The van der Waals surface area contributed by atoms with Crippen molar-refractivity contribution in [2.45, 2.75) is 71.6 Å². The molecule has 8 heteroatoms. The molecule has 152 valence electrons. The van der Waals surface area contributed by atoms with Crippen molar-refractivity contribution in [2.24, 2.45) is 4.99 Å². The summed E-state index contributed by atoms with van der Waals surface area (Å²) in [6.07, 6.45) is 2.11. The maximum absolute atomic E-state index is 12.1. The van der Waals surface area contributed by atoms with Gasteiger partial charge in [-0.2, -0.15) is 0 Å². The zero-order valence-electron chi connectivity index (χ0n) is 16.9. The fourth-order valence-corrected chi connectivity index (χ4v) is 3.27. The highest BCUT2D eigenvalue weighted by atomic mass is 127. The van der Waals surface area contributed by atoms with Crippen LogP contribution in [0, 0.1) is 0 Å². The lowest BCUT2D eigenvalue weighted by Gasteiger charge is -2.18. The zero-order chi connectivity index (χ0) is 18.9. The van der Waals surface area contributed by atoms with E-state index in [1.165, 1.54) is 0 Å². The van der Waals surface area contributed by atoms with Gasteiger partial charge in [0, 0.05) is 46.4 Å². The Morgan fingerprint density at radius 1 is 1.27 bits per heavy atom. The average Bonchev–Trinajstić information content (AvgIpc) is 3.01. The van der Waals surface area contributed by atoms with E-state index in [1.807, 2.05) is 33.8 Å². The van der Waals surface area contributed by atoms with E-state index in [0.29, 0.717) is 30.7 Å². The number of nitrogens with zero attached hydrogens (tertiary/aromatic N) is 2. The number of aliphatic imine (C=N–C) groups is 1. The minimum absolute atomic E-state index is 0. The van der Waals surface area contributed by atoms with Gasteiger partial charge >= 0.3 is 0 Å². The van der Waals surface area contributed by atoms with E-state index in [9.17, 15) is 4.21 Å². The molecular weight excluding hydrogens is 463 g/mol. The third kappa shape index (κ3) is 8.83. The molecule has 1 rings (SSSR count). The Hall–Kier alpha value is -0.640. The summed E-state index contributed by atoms with van der Waals surface area (Å²) in [7, 11) is -0.876. The van der Waals surface area contributed by atoms with Crippen LogP contribution < -0.4 is 10.6 Å². The topological polar surface area (TPSA) is 79.5 Å². The van der Waals surface area contributed by atoms with Crippen molar-refractivity contribution in [3.63, 3.8) is 0 Å². The number of halogens is 1. The summed E-state index contributed by atoms with van der Waals surface area (Å²) in [6.45, 7) is 14.1. The van der Waals surface area contributed by atoms with Crippen LogP contribution >= 0.6 is 24.0 Å². The first-order valence-electron chi connectivity index (χ1n) is 9.17. The molecule has 0 aliphatic carbocycles. The van der Waals surface area contributed by atoms with E-state index in [2.05, 4.69) is 34.6 Å². The molecule has 0 saturated carbocycles. The Bertz CT molecular complexity index is 566. The van der Waals surface area contributed by atoms with E-state index < -0.39 is 10.8 Å². The number of hydrogen-bond acceptors (Lipinski definition) is 4. The monoisotopic (exact) mass is 498 g/mol. The summed E-state index contributed by atoms with van der Waals surface area (Å²) < 4.78 is 17.3. The standard InChI is InChI=1S/C18H34N4O2S.HI/c1-7-14(8-2)16-12-15(24-22-16)13-21-17(19-9-3)20-10-11-25(23)18(4,5)6;/h12,14H,7-11,13H2,1-6H3,(H2,19,20,21);1H. The summed E-state index contributed by atoms with van der Waals surface area (Å²) >= 11 is 0. The summed E-state index contributed by atoms with van der Waals surface area (Å²) in [5.41, 5.74) is 1.01. The van der Waals surface area contributed by atoms with Gasteiger partial charge in [-0.1, -0.05) is 19.0 Å². The molecule has 0 amide bonds. The van der Waals surface area contributed by atoms with Gasteiger partial charge in [-0.3, -0.25) is 4.21 Å². The molecule has 0 aromatic carbocycles. The summed E-state index contributed by atoms with van der Waals surface area (Å²) in [4.78, 5) is 4.53. The molecule has 6 nitrogen and oxygen atoms in total. The molecule has 1 aromatic heterocycles. The Labute approximate surface area is 177 Å². The molecule has 0 spiro atoms. The molecule has 0 fully saturated rings. The van der Waals surface area contributed by atoms with Gasteiger partial charge in [0.2, 0.25) is 0 Å². The molecule has 0 bridgehead atoms. The number of rotatable bonds is 9. The number of guanidine groups is 1. The number of aromatic nitrogens is 1. The van der Waals surface area contributed by atoms with Crippen molar-refractivity contribution in [1.82, 2.24) is 15.8 Å². The third-order valence-corrected chi connectivity index (χ3v) is 5.92. The lowest BCUT2D eigenvalue weighted by molar-refractivity contribution is 0.372. The molecular formula is C18H35IN4O2S. The normalized spacial score (nSPS) is 13.4. The van der Waals surface area contributed by atoms with Crippen LogP contribution in [0.4, 0.5) is 0 Å². The molecule has 1 aromatic rings. The smallest absolute Gasteiger partial charge is 0.191 e. The lowest BCUT2D eigenvalue weighted by atomic mass is 9.99. The quantitative estimate of drug-likeness (QED) is 0.308. The van der Waals surface area contributed by atoms with Crippen LogP contribution in [0.2, 0.25) is 0 Å². The Balaban J connectivity index is 0.00000625. The first kappa shape index (κ1) is 25.4. The molecule has 2 N–H and O–H groups in total. The number of nitrogens with one attached hydrogen (secondary N) is 2. The second-order valence-electron chi connectivity index (χ2n) is 7.02. The molecule has 0 aliphatic heterocycles. The molecule has 26 heavy (non-hydrogen) atoms. The highest BCUT2D eigenvalue weighted by molar-refractivity contribution is 14.0. The van der Waals surface area contributed by atoms with Crippen LogP contribution in [0.5, 0.6) is 0 Å². The molecule has 1 unspecified atom stereocenters. The van der Waals surface area contributed by atoms with E-state index >= 15 is 0 Å². The van der Waals surface area contributed by atoms with Crippen LogP contribution in [0.15, 0.2) is 15.6 Å². The lowest BCUT2D eigenvalue weighted by Crippen LogP contribution is -2.40. The van der Waals surface area contributed by atoms with E-state index in [1.54, 1.807) is 0 Å². The zero-order valence-corrected chi connectivity index (χ0v) is 20.1. The van der Waals surface area contributed by atoms with Crippen molar-refractivity contribution in [2.75, 3.05) is 18.8 Å². The van der Waals surface area contributed by atoms with Gasteiger partial charge in [-0.05, 0) is 40.5 Å². The molecule has 0 radical (unpaired) electrons. The highest BCUT2D eigenvalue weighted by Crippen LogP contribution is 2.22. The molecule has 0 saturated heterocycles. The van der Waals surface area contributed by atoms with E-state index in [-0.39, 0.29) is 28.7 Å². The summed E-state index contributed by atoms with van der Waals surface area (Å²) in [5, 5.41) is 10.6. The minimum atomic E-state index is -0.876. The van der Waals surface area contributed by atoms with Gasteiger partial charge in [0.05, 0.1) is 5.69 Å². The van der Waals surface area contributed by atoms with Gasteiger partial charge in [0.1, 0.15) is 6.54 Å². The van der Waals surface area contributed by atoms with Crippen molar-refractivity contribution in [3.8, 4) is 0 Å². The van der Waals surface area contributed by atoms with Gasteiger partial charge in [-0.15, -0.1) is 24.0 Å². The second kappa shape index (κ2) is 12.7. The van der Waals surface area contributed by atoms with Crippen LogP contribution in [-0.4, -0.2) is 38.9 Å². The predicted molar refractivity (Wildman–Crippen MR) is 121 cm³/mol. The molecule has 0 aliphatic rings. The van der Waals surface area contributed by atoms with Gasteiger partial charge < -0.3 is 15.2 Å². The number of hydrogen-bond donors (Lipinski definition) is 2. The average molecular weight is 498 g/mol. The first-order chi connectivity index (χ1) is 11.8. The van der Waals surface area contributed by atoms with Crippen LogP contribution in [0.1, 0.15) is 71.8 Å². The van der Waals surface area contributed by atoms with Crippen molar-refractivity contribution in [3.05, 3.63) is 17.5 Å². The molecule has 1 atom stereocenters. The van der Waals surface area contributed by atoms with Crippen molar-refractivity contribution in [1.29, 1.82) is 0 Å². The first-order valence-corrected chi connectivity index (χ1v) is 10.5. The Morgan fingerprint density at radius 2 is 1.92 bits per heavy atom. The highest BCUT2D eigenvalue weighted by Gasteiger charge is 2.18. The van der Waals surface area contributed by atoms with Crippen LogP contribution in [-0.2, 0) is 17.3 Å². The van der Waals surface area contributed by atoms with Gasteiger partial charge in [0.15, 0.2) is 11.7 Å². The predicted octanol–water partition coefficient (Wildman–Crippen LogP) is 3.80. The maximum Gasteiger partial charge on any atom is 0.191 e. The van der Waals surface area contributed by atoms with Gasteiger partial charge in [0.25, 0.3) is 0 Å². The van der Waals surface area contributed by atoms with Crippen molar-refractivity contribution >= 4 is 40.7 Å². The minimum Gasteiger partial charge on any atom is -0.359 e. The van der Waals surface area contributed by atoms with Crippen LogP contribution in [0.25, 0.3) is 0 Å². The Morgan fingerprint density at radius 3 is 2.46 bits per heavy atom. The van der Waals surface area contributed by atoms with Crippen LogP contribution in [0.3, 0.4) is 0 Å². The van der Waals surface area contributed by atoms with E-state index in [0.717, 1.165) is 30.8 Å². The largest absolute Gasteiger partial charge is 0.359 e. The Kier molecular flexibility index (Phi) is 12.4.